The van der Waals surface area contributed by atoms with E-state index in [1.165, 1.54) is 18.0 Å². The quantitative estimate of drug-likeness (QED) is 0.768. The molecule has 0 saturated carbocycles. The molecule has 2 rings (SSSR count). The molecular formula is C16H21N5O. The number of aromatic nitrogens is 2. The summed E-state index contributed by atoms with van der Waals surface area (Å²) in [5, 5.41) is 5.44. The van der Waals surface area contributed by atoms with E-state index < -0.39 is 0 Å². The summed E-state index contributed by atoms with van der Waals surface area (Å²) in [7, 11) is 2.08. The second-order valence-electron chi connectivity index (χ2n) is 5.05. The standard InChI is InChI=1S/C16H21N5O/c1-21(13-14-6-3-2-4-7-14)11-5-8-19-16(22)20-15-12-17-9-10-18-15/h2-4,6-7,9-10,12H,5,8,11,13H2,1H3,(H2,18,19,20,22). The van der Waals surface area contributed by atoms with Crippen LogP contribution in [0.4, 0.5) is 10.6 Å². The predicted molar refractivity (Wildman–Crippen MR) is 86.4 cm³/mol. The molecule has 1 heterocycles. The lowest BCUT2D eigenvalue weighted by atomic mass is 10.2. The zero-order valence-electron chi connectivity index (χ0n) is 12.7. The van der Waals surface area contributed by atoms with Gasteiger partial charge in [0.1, 0.15) is 0 Å². The number of rotatable bonds is 7. The van der Waals surface area contributed by atoms with E-state index in [1.807, 2.05) is 18.2 Å². The van der Waals surface area contributed by atoms with Crippen LogP contribution in [0.1, 0.15) is 12.0 Å². The fourth-order valence-electron chi connectivity index (χ4n) is 2.05. The number of anilines is 1. The first-order valence-corrected chi connectivity index (χ1v) is 7.27. The number of amides is 2. The summed E-state index contributed by atoms with van der Waals surface area (Å²) in [6.45, 7) is 2.44. The fourth-order valence-corrected chi connectivity index (χ4v) is 2.05. The molecule has 0 radical (unpaired) electrons. The average Bonchev–Trinajstić information content (AvgIpc) is 2.53. The van der Waals surface area contributed by atoms with Crippen molar-refractivity contribution in [2.24, 2.45) is 0 Å². The number of carbonyl (C=O) groups excluding carboxylic acids is 1. The molecule has 0 saturated heterocycles. The highest BCUT2D eigenvalue weighted by molar-refractivity contribution is 5.87. The molecule has 0 aliphatic carbocycles. The maximum Gasteiger partial charge on any atom is 0.320 e. The fraction of sp³-hybridized carbons (Fsp3) is 0.312. The smallest absolute Gasteiger partial charge is 0.320 e. The lowest BCUT2D eigenvalue weighted by Gasteiger charge is -2.16. The summed E-state index contributed by atoms with van der Waals surface area (Å²) in [6.07, 6.45) is 5.49. The molecular weight excluding hydrogens is 278 g/mol. The van der Waals surface area contributed by atoms with Crippen molar-refractivity contribution in [3.05, 3.63) is 54.5 Å². The Hall–Kier alpha value is -2.47. The number of urea groups is 1. The third kappa shape index (κ3) is 5.88. The van der Waals surface area contributed by atoms with Crippen LogP contribution in [0.5, 0.6) is 0 Å². The topological polar surface area (TPSA) is 70.2 Å². The van der Waals surface area contributed by atoms with Gasteiger partial charge in [-0.15, -0.1) is 0 Å². The van der Waals surface area contributed by atoms with Crippen molar-refractivity contribution in [3.8, 4) is 0 Å². The molecule has 0 aliphatic rings. The SMILES string of the molecule is CN(CCCNC(=O)Nc1cnccn1)Cc1ccccc1. The van der Waals surface area contributed by atoms with E-state index in [-0.39, 0.29) is 6.03 Å². The molecule has 0 unspecified atom stereocenters. The molecule has 2 N–H and O–H groups in total. The second kappa shape index (κ2) is 8.74. The highest BCUT2D eigenvalue weighted by Gasteiger charge is 2.03. The summed E-state index contributed by atoms with van der Waals surface area (Å²) in [5.41, 5.74) is 1.29. The Morgan fingerprint density at radius 1 is 1.23 bits per heavy atom. The maximum absolute atomic E-state index is 11.6. The molecule has 2 aromatic rings. The van der Waals surface area contributed by atoms with Gasteiger partial charge < -0.3 is 10.2 Å². The van der Waals surface area contributed by atoms with Crippen molar-refractivity contribution in [3.63, 3.8) is 0 Å². The van der Waals surface area contributed by atoms with E-state index in [2.05, 4.69) is 44.7 Å². The van der Waals surface area contributed by atoms with Crippen LogP contribution in [-0.2, 0) is 6.54 Å². The van der Waals surface area contributed by atoms with Gasteiger partial charge in [0.05, 0.1) is 6.20 Å². The summed E-state index contributed by atoms with van der Waals surface area (Å²) in [5.74, 6) is 0.446. The van der Waals surface area contributed by atoms with Crippen LogP contribution in [0, 0.1) is 0 Å². The lowest BCUT2D eigenvalue weighted by molar-refractivity contribution is 0.250. The first-order valence-electron chi connectivity index (χ1n) is 7.27. The van der Waals surface area contributed by atoms with E-state index in [0.717, 1.165) is 19.5 Å². The van der Waals surface area contributed by atoms with Crippen molar-refractivity contribution in [2.75, 3.05) is 25.5 Å². The van der Waals surface area contributed by atoms with Crippen LogP contribution in [0.2, 0.25) is 0 Å². The zero-order chi connectivity index (χ0) is 15.6. The molecule has 2 amide bonds. The van der Waals surface area contributed by atoms with Gasteiger partial charge in [0.2, 0.25) is 0 Å². The number of hydrogen-bond donors (Lipinski definition) is 2. The van der Waals surface area contributed by atoms with Gasteiger partial charge in [0.15, 0.2) is 5.82 Å². The van der Waals surface area contributed by atoms with E-state index in [1.54, 1.807) is 6.20 Å². The Morgan fingerprint density at radius 3 is 2.77 bits per heavy atom. The minimum Gasteiger partial charge on any atom is -0.338 e. The number of nitrogens with one attached hydrogen (secondary N) is 2. The van der Waals surface area contributed by atoms with Crippen LogP contribution in [0.3, 0.4) is 0 Å². The largest absolute Gasteiger partial charge is 0.338 e. The molecule has 6 heteroatoms. The Kier molecular flexibility index (Phi) is 6.32. The predicted octanol–water partition coefficient (Wildman–Crippen LogP) is 2.12. The third-order valence-electron chi connectivity index (χ3n) is 3.10. The van der Waals surface area contributed by atoms with Gasteiger partial charge in [-0.2, -0.15) is 0 Å². The Balaban J connectivity index is 1.59. The van der Waals surface area contributed by atoms with E-state index in [0.29, 0.717) is 12.4 Å². The number of benzene rings is 1. The average molecular weight is 299 g/mol. The van der Waals surface area contributed by atoms with Crippen molar-refractivity contribution < 1.29 is 4.79 Å². The highest BCUT2D eigenvalue weighted by Crippen LogP contribution is 2.02. The van der Waals surface area contributed by atoms with Crippen molar-refractivity contribution in [1.29, 1.82) is 0 Å². The van der Waals surface area contributed by atoms with Gasteiger partial charge in [0, 0.05) is 25.5 Å². The van der Waals surface area contributed by atoms with Crippen LogP contribution in [0.25, 0.3) is 0 Å². The van der Waals surface area contributed by atoms with Crippen LogP contribution < -0.4 is 10.6 Å². The third-order valence-corrected chi connectivity index (χ3v) is 3.10. The van der Waals surface area contributed by atoms with Gasteiger partial charge >= 0.3 is 6.03 Å². The van der Waals surface area contributed by atoms with Gasteiger partial charge in [-0.1, -0.05) is 30.3 Å². The van der Waals surface area contributed by atoms with Crippen molar-refractivity contribution in [1.82, 2.24) is 20.2 Å². The van der Waals surface area contributed by atoms with E-state index >= 15 is 0 Å². The Labute approximate surface area is 130 Å². The van der Waals surface area contributed by atoms with Crippen molar-refractivity contribution >= 4 is 11.8 Å². The minimum atomic E-state index is -0.258. The number of carbonyl (C=O) groups is 1. The summed E-state index contributed by atoms with van der Waals surface area (Å²) in [4.78, 5) is 21.7. The molecule has 22 heavy (non-hydrogen) atoms. The first-order chi connectivity index (χ1) is 10.7. The molecule has 0 aliphatic heterocycles. The molecule has 0 atom stereocenters. The molecule has 0 bridgehead atoms. The monoisotopic (exact) mass is 299 g/mol. The first kappa shape index (κ1) is 15.9. The molecule has 6 nitrogen and oxygen atoms in total. The van der Waals surface area contributed by atoms with E-state index in [4.69, 9.17) is 0 Å². The molecule has 0 fully saturated rings. The normalized spacial score (nSPS) is 10.5. The summed E-state index contributed by atoms with van der Waals surface area (Å²) < 4.78 is 0. The molecule has 1 aromatic heterocycles. The Bertz CT molecular complexity index is 561. The van der Waals surface area contributed by atoms with Crippen LogP contribution in [0.15, 0.2) is 48.9 Å². The summed E-state index contributed by atoms with van der Waals surface area (Å²) in [6, 6.07) is 10.1. The second-order valence-corrected chi connectivity index (χ2v) is 5.05. The number of nitrogens with zero attached hydrogens (tertiary/aromatic N) is 3. The molecule has 0 spiro atoms. The zero-order valence-corrected chi connectivity index (χ0v) is 12.7. The minimum absolute atomic E-state index is 0.258. The van der Waals surface area contributed by atoms with Crippen LogP contribution in [-0.4, -0.2) is 41.0 Å². The molecule has 116 valence electrons. The van der Waals surface area contributed by atoms with Crippen molar-refractivity contribution in [2.45, 2.75) is 13.0 Å². The van der Waals surface area contributed by atoms with Gasteiger partial charge in [0.25, 0.3) is 0 Å². The highest BCUT2D eigenvalue weighted by atomic mass is 16.2. The lowest BCUT2D eigenvalue weighted by Crippen LogP contribution is -2.31. The van der Waals surface area contributed by atoms with Gasteiger partial charge in [-0.3, -0.25) is 10.3 Å². The maximum atomic E-state index is 11.6. The van der Waals surface area contributed by atoms with Crippen LogP contribution >= 0.6 is 0 Å². The summed E-state index contributed by atoms with van der Waals surface area (Å²) >= 11 is 0. The Morgan fingerprint density at radius 2 is 2.05 bits per heavy atom. The van der Waals surface area contributed by atoms with E-state index in [9.17, 15) is 4.79 Å². The number of hydrogen-bond acceptors (Lipinski definition) is 4. The molecule has 1 aromatic carbocycles. The van der Waals surface area contributed by atoms with Gasteiger partial charge in [-0.25, -0.2) is 9.78 Å². The van der Waals surface area contributed by atoms with Gasteiger partial charge in [-0.05, 0) is 25.6 Å².